The Morgan fingerprint density at radius 3 is 2.57 bits per heavy atom. The third kappa shape index (κ3) is 6.54. The van der Waals surface area contributed by atoms with Crippen molar-refractivity contribution in [2.75, 3.05) is 31.1 Å². The average Bonchev–Trinajstić information content (AvgIpc) is 2.39. The SMILES string of the molecule is CCCNCc1ccc(N(CCO)CC(F)(F)F)cc1Cl. The third-order valence-electron chi connectivity index (χ3n) is 2.88. The van der Waals surface area contributed by atoms with Gasteiger partial charge in [-0.25, -0.2) is 0 Å². The topological polar surface area (TPSA) is 35.5 Å². The maximum Gasteiger partial charge on any atom is 0.405 e. The van der Waals surface area contributed by atoms with Gasteiger partial charge in [0.2, 0.25) is 0 Å². The number of hydrogen-bond donors (Lipinski definition) is 2. The highest BCUT2D eigenvalue weighted by molar-refractivity contribution is 6.31. The van der Waals surface area contributed by atoms with E-state index in [0.29, 0.717) is 17.3 Å². The van der Waals surface area contributed by atoms with Gasteiger partial charge in [0.1, 0.15) is 6.54 Å². The van der Waals surface area contributed by atoms with Crippen LogP contribution in [0.25, 0.3) is 0 Å². The van der Waals surface area contributed by atoms with Gasteiger partial charge in [0.05, 0.1) is 6.61 Å². The van der Waals surface area contributed by atoms with Crippen LogP contribution in [0.3, 0.4) is 0 Å². The molecule has 0 saturated heterocycles. The van der Waals surface area contributed by atoms with Crippen molar-refractivity contribution >= 4 is 17.3 Å². The molecule has 0 fully saturated rings. The summed E-state index contributed by atoms with van der Waals surface area (Å²) in [6, 6.07) is 4.81. The number of aliphatic hydroxyl groups is 1. The van der Waals surface area contributed by atoms with E-state index >= 15 is 0 Å². The van der Waals surface area contributed by atoms with E-state index in [4.69, 9.17) is 16.7 Å². The molecule has 0 saturated carbocycles. The number of alkyl halides is 3. The summed E-state index contributed by atoms with van der Waals surface area (Å²) in [5.41, 5.74) is 1.19. The minimum Gasteiger partial charge on any atom is -0.395 e. The summed E-state index contributed by atoms with van der Waals surface area (Å²) in [7, 11) is 0. The molecule has 1 rings (SSSR count). The van der Waals surface area contributed by atoms with Gasteiger partial charge in [0, 0.05) is 23.8 Å². The van der Waals surface area contributed by atoms with Crippen LogP contribution in [0.4, 0.5) is 18.9 Å². The van der Waals surface area contributed by atoms with E-state index in [1.54, 1.807) is 12.1 Å². The van der Waals surface area contributed by atoms with Crippen LogP contribution < -0.4 is 10.2 Å². The summed E-state index contributed by atoms with van der Waals surface area (Å²) in [4.78, 5) is 1.06. The Labute approximate surface area is 127 Å². The molecule has 0 radical (unpaired) electrons. The summed E-state index contributed by atoms with van der Waals surface area (Å²) in [6.07, 6.45) is -3.34. The Hall–Kier alpha value is -0.980. The van der Waals surface area contributed by atoms with Gasteiger partial charge in [0.15, 0.2) is 0 Å². The number of halogens is 4. The maximum atomic E-state index is 12.5. The minimum atomic E-state index is -4.33. The highest BCUT2D eigenvalue weighted by atomic mass is 35.5. The van der Waals surface area contributed by atoms with Crippen LogP contribution in [0, 0.1) is 0 Å². The summed E-state index contributed by atoms with van der Waals surface area (Å²) < 4.78 is 37.6. The molecule has 0 bridgehead atoms. The number of hydrogen-bond acceptors (Lipinski definition) is 3. The van der Waals surface area contributed by atoms with E-state index < -0.39 is 12.7 Å². The van der Waals surface area contributed by atoms with Gasteiger partial charge in [0.25, 0.3) is 0 Å². The van der Waals surface area contributed by atoms with Gasteiger partial charge in [-0.05, 0) is 30.7 Å². The highest BCUT2D eigenvalue weighted by Crippen LogP contribution is 2.26. The van der Waals surface area contributed by atoms with E-state index in [2.05, 4.69) is 5.32 Å². The van der Waals surface area contributed by atoms with E-state index in [1.165, 1.54) is 6.07 Å². The van der Waals surface area contributed by atoms with Crippen molar-refractivity contribution in [2.24, 2.45) is 0 Å². The average molecular weight is 325 g/mol. The Morgan fingerprint density at radius 1 is 1.33 bits per heavy atom. The molecule has 120 valence electrons. The first-order valence-corrected chi connectivity index (χ1v) is 7.17. The predicted molar refractivity (Wildman–Crippen MR) is 78.8 cm³/mol. The predicted octanol–water partition coefficient (Wildman–Crippen LogP) is 3.20. The number of nitrogens with one attached hydrogen (secondary N) is 1. The first-order valence-electron chi connectivity index (χ1n) is 6.79. The summed E-state index contributed by atoms with van der Waals surface area (Å²) >= 11 is 6.11. The molecule has 0 atom stereocenters. The lowest BCUT2D eigenvalue weighted by atomic mass is 10.2. The first kappa shape index (κ1) is 18.1. The van der Waals surface area contributed by atoms with Crippen molar-refractivity contribution in [3.8, 4) is 0 Å². The molecule has 0 aliphatic rings. The number of aliphatic hydroxyl groups excluding tert-OH is 1. The lowest BCUT2D eigenvalue weighted by molar-refractivity contribution is -0.119. The Balaban J connectivity index is 2.82. The number of benzene rings is 1. The zero-order valence-corrected chi connectivity index (χ0v) is 12.6. The van der Waals surface area contributed by atoms with E-state index in [-0.39, 0.29) is 13.2 Å². The van der Waals surface area contributed by atoms with Crippen LogP contribution in [0.2, 0.25) is 5.02 Å². The molecule has 0 unspecified atom stereocenters. The third-order valence-corrected chi connectivity index (χ3v) is 3.24. The Kier molecular flexibility index (Phi) is 7.28. The fourth-order valence-corrected chi connectivity index (χ4v) is 2.15. The van der Waals surface area contributed by atoms with Gasteiger partial charge in [-0.3, -0.25) is 0 Å². The lowest BCUT2D eigenvalue weighted by Gasteiger charge is -2.25. The largest absolute Gasteiger partial charge is 0.405 e. The van der Waals surface area contributed by atoms with Gasteiger partial charge in [-0.15, -0.1) is 0 Å². The first-order chi connectivity index (χ1) is 9.87. The maximum absolute atomic E-state index is 12.5. The summed E-state index contributed by atoms with van der Waals surface area (Å²) in [6.45, 7) is 1.91. The van der Waals surface area contributed by atoms with Crippen molar-refractivity contribution in [2.45, 2.75) is 26.1 Å². The molecule has 0 aliphatic carbocycles. The van der Waals surface area contributed by atoms with Crippen LogP contribution in [-0.4, -0.2) is 37.5 Å². The van der Waals surface area contributed by atoms with Crippen LogP contribution in [-0.2, 0) is 6.54 Å². The fourth-order valence-electron chi connectivity index (χ4n) is 1.91. The molecule has 0 spiro atoms. The molecule has 3 nitrogen and oxygen atoms in total. The Bertz CT molecular complexity index is 441. The van der Waals surface area contributed by atoms with Crippen molar-refractivity contribution in [1.82, 2.24) is 5.32 Å². The van der Waals surface area contributed by atoms with Crippen LogP contribution in [0.15, 0.2) is 18.2 Å². The highest BCUT2D eigenvalue weighted by Gasteiger charge is 2.30. The van der Waals surface area contributed by atoms with Gasteiger partial charge in [-0.2, -0.15) is 13.2 Å². The smallest absolute Gasteiger partial charge is 0.395 e. The van der Waals surface area contributed by atoms with Crippen molar-refractivity contribution in [1.29, 1.82) is 0 Å². The second kappa shape index (κ2) is 8.46. The molecular formula is C14H20ClF3N2O. The van der Waals surface area contributed by atoms with E-state index in [0.717, 1.165) is 23.4 Å². The quantitative estimate of drug-likeness (QED) is 0.721. The molecule has 21 heavy (non-hydrogen) atoms. The monoisotopic (exact) mass is 324 g/mol. The molecule has 0 aromatic heterocycles. The van der Waals surface area contributed by atoms with Gasteiger partial charge in [-0.1, -0.05) is 24.6 Å². The van der Waals surface area contributed by atoms with Crippen LogP contribution in [0.1, 0.15) is 18.9 Å². The number of nitrogens with zero attached hydrogens (tertiary/aromatic N) is 1. The standard InChI is InChI=1S/C14H20ClF3N2O/c1-2-5-19-9-11-3-4-12(8-13(11)15)20(6-7-21)10-14(16,17)18/h3-4,8,19,21H,2,5-7,9-10H2,1H3. The second-order valence-electron chi connectivity index (χ2n) is 4.71. The number of rotatable bonds is 8. The molecule has 0 aliphatic heterocycles. The molecule has 7 heteroatoms. The van der Waals surface area contributed by atoms with Crippen molar-refractivity contribution in [3.63, 3.8) is 0 Å². The van der Waals surface area contributed by atoms with Crippen molar-refractivity contribution < 1.29 is 18.3 Å². The fraction of sp³-hybridized carbons (Fsp3) is 0.571. The van der Waals surface area contributed by atoms with E-state index in [1.807, 2.05) is 6.92 Å². The summed E-state index contributed by atoms with van der Waals surface area (Å²) in [5, 5.41) is 12.5. The summed E-state index contributed by atoms with van der Waals surface area (Å²) in [5.74, 6) is 0. The molecule has 0 heterocycles. The van der Waals surface area contributed by atoms with Crippen LogP contribution in [0.5, 0.6) is 0 Å². The van der Waals surface area contributed by atoms with Crippen molar-refractivity contribution in [3.05, 3.63) is 28.8 Å². The zero-order chi connectivity index (χ0) is 15.9. The molecule has 0 amide bonds. The van der Waals surface area contributed by atoms with Gasteiger partial charge < -0.3 is 15.3 Å². The molecule has 1 aromatic carbocycles. The normalized spacial score (nSPS) is 11.7. The Morgan fingerprint density at radius 2 is 2.05 bits per heavy atom. The zero-order valence-electron chi connectivity index (χ0n) is 11.9. The molecule has 2 N–H and O–H groups in total. The molecular weight excluding hydrogens is 305 g/mol. The number of anilines is 1. The second-order valence-corrected chi connectivity index (χ2v) is 5.12. The van der Waals surface area contributed by atoms with Gasteiger partial charge >= 0.3 is 6.18 Å². The van der Waals surface area contributed by atoms with E-state index in [9.17, 15) is 13.2 Å². The minimum absolute atomic E-state index is 0.0940. The molecule has 1 aromatic rings. The lowest BCUT2D eigenvalue weighted by Crippen LogP contribution is -2.36. The van der Waals surface area contributed by atoms with Crippen LogP contribution >= 0.6 is 11.6 Å².